The SMILES string of the molecule is CC(C)(C)C(=O)N[C@@H](Cc1c[nH]c2ccccc12)C(=O)N1CCc2ccccc21. The van der Waals surface area contributed by atoms with Gasteiger partial charge in [0.25, 0.3) is 0 Å². The first-order valence-corrected chi connectivity index (χ1v) is 10.1. The lowest BCUT2D eigenvalue weighted by atomic mass is 9.94. The van der Waals surface area contributed by atoms with E-state index in [-0.39, 0.29) is 11.8 Å². The van der Waals surface area contributed by atoms with Crippen molar-refractivity contribution in [3.05, 3.63) is 65.9 Å². The number of nitrogens with zero attached hydrogens (tertiary/aromatic N) is 1. The topological polar surface area (TPSA) is 65.2 Å². The van der Waals surface area contributed by atoms with Gasteiger partial charge in [0.1, 0.15) is 6.04 Å². The van der Waals surface area contributed by atoms with Crippen LogP contribution < -0.4 is 10.2 Å². The third kappa shape index (κ3) is 3.77. The van der Waals surface area contributed by atoms with Gasteiger partial charge in [0.05, 0.1) is 0 Å². The Morgan fingerprint density at radius 3 is 2.62 bits per heavy atom. The summed E-state index contributed by atoms with van der Waals surface area (Å²) in [4.78, 5) is 31.4. The Bertz CT molecular complexity index is 1060. The molecule has 0 spiro atoms. The van der Waals surface area contributed by atoms with E-state index in [1.165, 1.54) is 5.56 Å². The lowest BCUT2D eigenvalue weighted by Crippen LogP contribution is -2.52. The van der Waals surface area contributed by atoms with Gasteiger partial charge in [-0.05, 0) is 29.7 Å². The third-order valence-electron chi connectivity index (χ3n) is 5.54. The lowest BCUT2D eigenvalue weighted by molar-refractivity contribution is -0.132. The summed E-state index contributed by atoms with van der Waals surface area (Å²) in [6, 6.07) is 15.4. The molecule has 0 saturated carbocycles. The molecule has 1 aliphatic rings. The summed E-state index contributed by atoms with van der Waals surface area (Å²) in [5, 5.41) is 4.10. The summed E-state index contributed by atoms with van der Waals surface area (Å²) in [5.74, 6) is -0.180. The van der Waals surface area contributed by atoms with Gasteiger partial charge < -0.3 is 15.2 Å². The number of fused-ring (bicyclic) bond motifs is 2. The standard InChI is InChI=1S/C24H27N3O2/c1-24(2,3)23(29)26-20(14-17-15-25-19-10-6-5-9-18(17)19)22(28)27-13-12-16-8-4-7-11-21(16)27/h4-11,15,20,25H,12-14H2,1-3H3,(H,26,29)/t20-/m0/s1. The molecule has 1 aromatic heterocycles. The number of hydrogen-bond acceptors (Lipinski definition) is 2. The normalized spacial score (nSPS) is 14.7. The van der Waals surface area contributed by atoms with Crippen molar-refractivity contribution in [2.75, 3.05) is 11.4 Å². The minimum atomic E-state index is -0.618. The molecule has 0 bridgehead atoms. The van der Waals surface area contributed by atoms with E-state index in [1.807, 2.05) is 74.3 Å². The molecule has 5 heteroatoms. The van der Waals surface area contributed by atoms with E-state index >= 15 is 0 Å². The van der Waals surface area contributed by atoms with Crippen LogP contribution in [0.25, 0.3) is 10.9 Å². The second-order valence-electron chi connectivity index (χ2n) is 8.71. The highest BCUT2D eigenvalue weighted by Gasteiger charge is 2.33. The number of carbonyl (C=O) groups excluding carboxylic acids is 2. The number of rotatable bonds is 4. The van der Waals surface area contributed by atoms with Crippen molar-refractivity contribution in [2.24, 2.45) is 5.41 Å². The maximum absolute atomic E-state index is 13.5. The first-order chi connectivity index (χ1) is 13.8. The van der Waals surface area contributed by atoms with Crippen LogP contribution in [0.4, 0.5) is 5.69 Å². The van der Waals surface area contributed by atoms with Gasteiger partial charge in [0.2, 0.25) is 11.8 Å². The molecule has 2 heterocycles. The molecule has 1 atom stereocenters. The van der Waals surface area contributed by atoms with E-state index in [1.54, 1.807) is 0 Å². The third-order valence-corrected chi connectivity index (χ3v) is 5.54. The van der Waals surface area contributed by atoms with Gasteiger partial charge in [-0.3, -0.25) is 9.59 Å². The summed E-state index contributed by atoms with van der Waals surface area (Å²) in [6.07, 6.45) is 3.23. The molecule has 3 aromatic rings. The Labute approximate surface area is 171 Å². The van der Waals surface area contributed by atoms with Gasteiger partial charge in [-0.15, -0.1) is 0 Å². The zero-order valence-corrected chi connectivity index (χ0v) is 17.2. The van der Waals surface area contributed by atoms with Crippen molar-refractivity contribution in [1.82, 2.24) is 10.3 Å². The smallest absolute Gasteiger partial charge is 0.249 e. The van der Waals surface area contributed by atoms with Crippen molar-refractivity contribution < 1.29 is 9.59 Å². The molecule has 2 amide bonds. The van der Waals surface area contributed by atoms with Crippen molar-refractivity contribution >= 4 is 28.4 Å². The molecule has 0 saturated heterocycles. The maximum Gasteiger partial charge on any atom is 0.249 e. The van der Waals surface area contributed by atoms with Crippen LogP contribution >= 0.6 is 0 Å². The van der Waals surface area contributed by atoms with Crippen LogP contribution in [0.15, 0.2) is 54.7 Å². The fourth-order valence-electron chi connectivity index (χ4n) is 3.85. The number of carbonyl (C=O) groups is 2. The molecule has 150 valence electrons. The highest BCUT2D eigenvalue weighted by Crippen LogP contribution is 2.29. The Hall–Kier alpha value is -3.08. The maximum atomic E-state index is 13.5. The summed E-state index contributed by atoms with van der Waals surface area (Å²) in [6.45, 7) is 6.23. The fourth-order valence-corrected chi connectivity index (χ4v) is 3.85. The molecule has 2 aromatic carbocycles. The number of H-pyrrole nitrogens is 1. The van der Waals surface area contributed by atoms with Gasteiger partial charge in [-0.1, -0.05) is 57.2 Å². The van der Waals surface area contributed by atoms with E-state index in [0.717, 1.165) is 28.6 Å². The van der Waals surface area contributed by atoms with Crippen molar-refractivity contribution in [3.8, 4) is 0 Å². The number of aromatic amines is 1. The summed E-state index contributed by atoms with van der Waals surface area (Å²) in [7, 11) is 0. The molecule has 0 fully saturated rings. The Balaban J connectivity index is 1.65. The highest BCUT2D eigenvalue weighted by molar-refractivity contribution is 6.01. The van der Waals surface area contributed by atoms with Crippen LogP contribution in [0.5, 0.6) is 0 Å². The van der Waals surface area contributed by atoms with E-state index in [0.29, 0.717) is 13.0 Å². The molecule has 5 nitrogen and oxygen atoms in total. The van der Waals surface area contributed by atoms with Crippen LogP contribution in [0, 0.1) is 5.41 Å². The molecule has 2 N–H and O–H groups in total. The molecule has 0 unspecified atom stereocenters. The molecule has 1 aliphatic heterocycles. The molecule has 0 radical (unpaired) electrons. The highest BCUT2D eigenvalue weighted by atomic mass is 16.2. The molecular weight excluding hydrogens is 362 g/mol. The van der Waals surface area contributed by atoms with Crippen LogP contribution in [-0.4, -0.2) is 29.4 Å². The van der Waals surface area contributed by atoms with Gasteiger partial charge in [0, 0.05) is 41.2 Å². The molecule has 4 rings (SSSR count). The van der Waals surface area contributed by atoms with E-state index < -0.39 is 11.5 Å². The zero-order chi connectivity index (χ0) is 20.6. The average molecular weight is 389 g/mol. The van der Waals surface area contributed by atoms with Crippen LogP contribution in [0.1, 0.15) is 31.9 Å². The second kappa shape index (κ2) is 7.39. The van der Waals surface area contributed by atoms with Crippen molar-refractivity contribution in [2.45, 2.75) is 39.7 Å². The number of benzene rings is 2. The average Bonchev–Trinajstić information content (AvgIpc) is 3.30. The largest absolute Gasteiger partial charge is 0.361 e. The summed E-state index contributed by atoms with van der Waals surface area (Å²) in [5.41, 5.74) is 3.62. The number of hydrogen-bond donors (Lipinski definition) is 2. The Kier molecular flexibility index (Phi) is 4.91. The predicted molar refractivity (Wildman–Crippen MR) is 116 cm³/mol. The van der Waals surface area contributed by atoms with Gasteiger partial charge in [-0.2, -0.15) is 0 Å². The van der Waals surface area contributed by atoms with E-state index in [9.17, 15) is 9.59 Å². The number of nitrogens with one attached hydrogen (secondary N) is 2. The molecule has 29 heavy (non-hydrogen) atoms. The number of amides is 2. The predicted octanol–water partition coefficient (Wildman–Crippen LogP) is 3.83. The first kappa shape index (κ1) is 19.2. The van der Waals surface area contributed by atoms with Crippen LogP contribution in [0.3, 0.4) is 0 Å². The van der Waals surface area contributed by atoms with Gasteiger partial charge in [0.15, 0.2) is 0 Å². The second-order valence-corrected chi connectivity index (χ2v) is 8.71. The van der Waals surface area contributed by atoms with Crippen molar-refractivity contribution in [3.63, 3.8) is 0 Å². The fraction of sp³-hybridized carbons (Fsp3) is 0.333. The van der Waals surface area contributed by atoms with Gasteiger partial charge >= 0.3 is 0 Å². The van der Waals surface area contributed by atoms with E-state index in [2.05, 4.69) is 16.4 Å². The van der Waals surface area contributed by atoms with Crippen LogP contribution in [-0.2, 0) is 22.4 Å². The minimum Gasteiger partial charge on any atom is -0.361 e. The zero-order valence-electron chi connectivity index (χ0n) is 17.2. The minimum absolute atomic E-state index is 0.0576. The number of aromatic nitrogens is 1. The molecule has 0 aliphatic carbocycles. The number of para-hydroxylation sites is 2. The summed E-state index contributed by atoms with van der Waals surface area (Å²) < 4.78 is 0. The van der Waals surface area contributed by atoms with E-state index in [4.69, 9.17) is 0 Å². The summed E-state index contributed by atoms with van der Waals surface area (Å²) >= 11 is 0. The van der Waals surface area contributed by atoms with Crippen LogP contribution in [0.2, 0.25) is 0 Å². The quantitative estimate of drug-likeness (QED) is 0.712. The number of anilines is 1. The van der Waals surface area contributed by atoms with Gasteiger partial charge in [-0.25, -0.2) is 0 Å². The lowest BCUT2D eigenvalue weighted by Gasteiger charge is -2.27. The Morgan fingerprint density at radius 1 is 1.10 bits per heavy atom. The first-order valence-electron chi connectivity index (χ1n) is 10.1. The van der Waals surface area contributed by atoms with Crippen molar-refractivity contribution in [1.29, 1.82) is 0 Å². The molecular formula is C24H27N3O2. The Morgan fingerprint density at radius 2 is 1.83 bits per heavy atom. The monoisotopic (exact) mass is 389 g/mol.